The molecule has 45 heavy (non-hydrogen) atoms. The zero-order valence-corrected chi connectivity index (χ0v) is 24.5. The molecule has 3 saturated heterocycles. The average Bonchev–Trinajstić information content (AvgIpc) is 3.57. The lowest BCUT2D eigenvalue weighted by molar-refractivity contribution is 0.0772. The van der Waals surface area contributed by atoms with Crippen LogP contribution in [-0.2, 0) is 0 Å². The Kier molecular flexibility index (Phi) is 6.65. The van der Waals surface area contributed by atoms with E-state index in [-0.39, 0.29) is 76.2 Å². The molecule has 4 aliphatic rings. The largest absolute Gasteiger partial charge is 0.508 e. The molecule has 0 amide bonds. The summed E-state index contributed by atoms with van der Waals surface area (Å²) in [4.78, 5) is 18.3. The van der Waals surface area contributed by atoms with E-state index >= 15 is 4.39 Å². The molecule has 0 radical (unpaired) electrons. The van der Waals surface area contributed by atoms with Crippen LogP contribution in [-0.4, -0.2) is 88.6 Å². The summed E-state index contributed by atoms with van der Waals surface area (Å²) in [6.45, 7) is 2.83. The number of halogens is 3. The summed E-state index contributed by atoms with van der Waals surface area (Å²) in [5, 5.41) is 14.9. The van der Waals surface area contributed by atoms with Gasteiger partial charge in [-0.1, -0.05) is 12.0 Å². The smallest absolute Gasteiger partial charge is 0.319 e. The molecule has 0 saturated carbocycles. The van der Waals surface area contributed by atoms with Crippen molar-refractivity contribution >= 4 is 27.5 Å². The molecule has 232 valence electrons. The summed E-state index contributed by atoms with van der Waals surface area (Å²) in [7, 11) is 0. The van der Waals surface area contributed by atoms with Gasteiger partial charge >= 0.3 is 6.01 Å². The van der Waals surface area contributed by atoms with E-state index in [9.17, 15) is 13.9 Å². The third-order valence-corrected chi connectivity index (χ3v) is 9.88. The third-order valence-electron chi connectivity index (χ3n) is 9.88. The summed E-state index contributed by atoms with van der Waals surface area (Å²) in [6.07, 6.45) is 9.09. The molecule has 4 aliphatic heterocycles. The standard InChI is InChI=1S/C33H31F3N6O3/c1-2-22-24(35)5-4-18-12-21(43)13-23(25(18)22)28-27(36)29-26-30(41-11-9-37-15-20(41)16-44-31(26)38-28)40-32(39-29)45-17-33-7-3-10-42(33)19(14-34)6-8-33/h1,4-5,12-13,19-20,37,43H,3,6-11,14-17H2. The summed E-state index contributed by atoms with van der Waals surface area (Å²) < 4.78 is 58.0. The van der Waals surface area contributed by atoms with E-state index in [1.807, 2.05) is 0 Å². The van der Waals surface area contributed by atoms with Crippen molar-refractivity contribution < 1.29 is 27.8 Å². The van der Waals surface area contributed by atoms with Crippen molar-refractivity contribution in [2.45, 2.75) is 43.3 Å². The van der Waals surface area contributed by atoms with E-state index < -0.39 is 18.3 Å². The maximum atomic E-state index is 16.9. The van der Waals surface area contributed by atoms with Crippen LogP contribution in [0.5, 0.6) is 17.6 Å². The van der Waals surface area contributed by atoms with Crippen LogP contribution in [0, 0.1) is 24.0 Å². The van der Waals surface area contributed by atoms with Crippen molar-refractivity contribution in [3.05, 3.63) is 41.5 Å². The second-order valence-electron chi connectivity index (χ2n) is 12.3. The first-order chi connectivity index (χ1) is 21.9. The Labute approximate surface area is 257 Å². The number of benzene rings is 2. The van der Waals surface area contributed by atoms with E-state index in [0.717, 1.165) is 32.2 Å². The number of ether oxygens (including phenoxy) is 2. The lowest BCUT2D eigenvalue weighted by atomic mass is 9.95. The van der Waals surface area contributed by atoms with Crippen molar-refractivity contribution in [1.82, 2.24) is 25.2 Å². The molecule has 12 heteroatoms. The second kappa shape index (κ2) is 10.6. The van der Waals surface area contributed by atoms with Crippen molar-refractivity contribution in [1.29, 1.82) is 0 Å². The van der Waals surface area contributed by atoms with Gasteiger partial charge in [-0.25, -0.2) is 18.2 Å². The minimum atomic E-state index is -0.808. The van der Waals surface area contributed by atoms with Crippen LogP contribution in [0.4, 0.5) is 19.0 Å². The lowest BCUT2D eigenvalue weighted by Crippen LogP contribution is -2.53. The topological polar surface area (TPSA) is 95.9 Å². The Balaban J connectivity index is 1.32. The molecule has 3 atom stereocenters. The highest BCUT2D eigenvalue weighted by Gasteiger charge is 2.50. The van der Waals surface area contributed by atoms with Crippen LogP contribution in [0.15, 0.2) is 24.3 Å². The van der Waals surface area contributed by atoms with Crippen molar-refractivity contribution in [2.24, 2.45) is 0 Å². The van der Waals surface area contributed by atoms with Gasteiger partial charge in [0.2, 0.25) is 5.88 Å². The molecule has 2 aromatic carbocycles. The van der Waals surface area contributed by atoms with E-state index in [4.69, 9.17) is 20.9 Å². The van der Waals surface area contributed by atoms with Crippen molar-refractivity contribution in [3.63, 3.8) is 0 Å². The lowest BCUT2D eigenvalue weighted by Gasteiger charge is -2.35. The third kappa shape index (κ3) is 4.35. The first kappa shape index (κ1) is 28.2. The molecule has 3 fully saturated rings. The number of nitrogens with one attached hydrogen (secondary N) is 1. The zero-order valence-electron chi connectivity index (χ0n) is 24.5. The van der Waals surface area contributed by atoms with Gasteiger partial charge in [0.05, 0.1) is 17.1 Å². The molecule has 0 bridgehead atoms. The minimum Gasteiger partial charge on any atom is -0.508 e. The first-order valence-electron chi connectivity index (χ1n) is 15.3. The number of hydrogen-bond acceptors (Lipinski definition) is 9. The molecule has 4 aromatic rings. The molecule has 2 N–H and O–H groups in total. The van der Waals surface area contributed by atoms with Gasteiger partial charge in [0.15, 0.2) is 5.82 Å². The van der Waals surface area contributed by atoms with E-state index in [0.29, 0.717) is 36.2 Å². The van der Waals surface area contributed by atoms with Crippen molar-refractivity contribution in [3.8, 4) is 41.2 Å². The van der Waals surface area contributed by atoms with Gasteiger partial charge < -0.3 is 24.8 Å². The van der Waals surface area contributed by atoms with Crippen LogP contribution >= 0.6 is 0 Å². The van der Waals surface area contributed by atoms with E-state index in [2.05, 4.69) is 31.0 Å². The monoisotopic (exact) mass is 616 g/mol. The predicted octanol–water partition coefficient (Wildman–Crippen LogP) is 4.33. The van der Waals surface area contributed by atoms with Gasteiger partial charge in [-0.15, -0.1) is 6.42 Å². The molecule has 0 aliphatic carbocycles. The minimum absolute atomic E-state index is 0.000249. The maximum Gasteiger partial charge on any atom is 0.319 e. The number of rotatable bonds is 5. The van der Waals surface area contributed by atoms with Gasteiger partial charge in [-0.2, -0.15) is 9.97 Å². The Morgan fingerprint density at radius 1 is 1.16 bits per heavy atom. The number of alkyl halides is 1. The van der Waals surface area contributed by atoms with E-state index in [1.54, 1.807) is 0 Å². The van der Waals surface area contributed by atoms with Crippen molar-refractivity contribution in [2.75, 3.05) is 51.0 Å². The molecular formula is C33H31F3N6O3. The molecule has 3 unspecified atom stereocenters. The van der Waals surface area contributed by atoms with Crippen LogP contribution in [0.1, 0.15) is 31.2 Å². The summed E-state index contributed by atoms with van der Waals surface area (Å²) in [5.41, 5.74) is -0.552. The molecule has 8 rings (SSSR count). The Hall–Kier alpha value is -4.34. The maximum absolute atomic E-state index is 16.9. The Morgan fingerprint density at radius 2 is 2.04 bits per heavy atom. The number of nitrogens with zero attached hydrogens (tertiary/aromatic N) is 5. The normalized spacial score (nSPS) is 24.3. The van der Waals surface area contributed by atoms with E-state index in [1.165, 1.54) is 24.3 Å². The predicted molar refractivity (Wildman–Crippen MR) is 162 cm³/mol. The van der Waals surface area contributed by atoms with Gasteiger partial charge in [-0.3, -0.25) is 4.90 Å². The average molecular weight is 617 g/mol. The number of phenols is 1. The fraction of sp³-hybridized carbons (Fsp3) is 0.424. The fourth-order valence-corrected chi connectivity index (χ4v) is 7.75. The summed E-state index contributed by atoms with van der Waals surface area (Å²) >= 11 is 0. The number of anilines is 1. The number of hydrogen-bond donors (Lipinski definition) is 2. The van der Waals surface area contributed by atoms with Crippen LogP contribution < -0.4 is 19.7 Å². The van der Waals surface area contributed by atoms with Crippen LogP contribution in [0.3, 0.4) is 0 Å². The number of terminal acetylenes is 1. The SMILES string of the molecule is C#Cc1c(F)ccc2cc(O)cc(-c3nc4c5c(nc(OCC67CCCN6C(CF)CC7)nc5c3F)N3CCNCC3CO4)c12. The molecule has 0 spiro atoms. The van der Waals surface area contributed by atoms with Crippen LogP contribution in [0.25, 0.3) is 32.9 Å². The molecular weight excluding hydrogens is 585 g/mol. The number of pyridine rings is 1. The second-order valence-corrected chi connectivity index (χ2v) is 12.3. The number of fused-ring (bicyclic) bond motifs is 4. The zero-order chi connectivity index (χ0) is 30.9. The number of phenolic OH excluding ortho intramolecular Hbond substituents is 1. The number of aromatic hydroxyl groups is 1. The fourth-order valence-electron chi connectivity index (χ4n) is 7.75. The molecule has 6 heterocycles. The molecule has 2 aromatic heterocycles. The highest BCUT2D eigenvalue weighted by Crippen LogP contribution is 2.45. The summed E-state index contributed by atoms with van der Waals surface area (Å²) in [6, 6.07) is 5.19. The Bertz CT molecular complexity index is 1900. The Morgan fingerprint density at radius 3 is 2.89 bits per heavy atom. The number of piperazine rings is 1. The van der Waals surface area contributed by atoms with Crippen LogP contribution in [0.2, 0.25) is 0 Å². The highest BCUT2D eigenvalue weighted by molar-refractivity contribution is 6.04. The van der Waals surface area contributed by atoms with Gasteiger partial charge in [0.1, 0.15) is 53.9 Å². The summed E-state index contributed by atoms with van der Waals surface area (Å²) in [5.74, 6) is 1.32. The number of aromatic nitrogens is 3. The van der Waals surface area contributed by atoms with Gasteiger partial charge in [0, 0.05) is 36.6 Å². The molecule has 9 nitrogen and oxygen atoms in total. The quantitative estimate of drug-likeness (QED) is 0.318. The first-order valence-corrected chi connectivity index (χ1v) is 15.3. The van der Waals surface area contributed by atoms with Gasteiger partial charge in [0.25, 0.3) is 0 Å². The highest BCUT2D eigenvalue weighted by atomic mass is 19.1. The van der Waals surface area contributed by atoms with Gasteiger partial charge in [-0.05, 0) is 55.8 Å².